The van der Waals surface area contributed by atoms with Crippen LogP contribution in [-0.2, 0) is 16.4 Å². The van der Waals surface area contributed by atoms with Gasteiger partial charge < -0.3 is 4.90 Å². The number of fused-ring (bicyclic) bond motifs is 1. The predicted octanol–water partition coefficient (Wildman–Crippen LogP) is 3.78. The van der Waals surface area contributed by atoms with E-state index in [1.165, 1.54) is 0 Å². The molecule has 0 radical (unpaired) electrons. The third-order valence-electron chi connectivity index (χ3n) is 6.85. The van der Waals surface area contributed by atoms with Gasteiger partial charge in [0.25, 0.3) is 5.91 Å². The Morgan fingerprint density at radius 1 is 1.11 bits per heavy atom. The summed E-state index contributed by atoms with van der Waals surface area (Å²) in [4.78, 5) is 19.7. The van der Waals surface area contributed by atoms with E-state index >= 15 is 0 Å². The average Bonchev–Trinajstić information content (AvgIpc) is 3.45. The summed E-state index contributed by atoms with van der Waals surface area (Å²) in [6.45, 7) is 6.21. The second kappa shape index (κ2) is 8.64. The Morgan fingerprint density at radius 3 is 2.54 bits per heavy atom. The minimum atomic E-state index is -3.01. The Hall–Kier alpha value is -3.46. The molecule has 1 saturated heterocycles. The van der Waals surface area contributed by atoms with Gasteiger partial charge in [0.15, 0.2) is 9.84 Å². The molecule has 1 amide bonds. The van der Waals surface area contributed by atoms with Gasteiger partial charge in [-0.15, -0.1) is 0 Å². The van der Waals surface area contributed by atoms with Crippen LogP contribution in [0.1, 0.15) is 45.6 Å². The van der Waals surface area contributed by atoms with Crippen molar-refractivity contribution in [2.45, 2.75) is 39.8 Å². The van der Waals surface area contributed by atoms with Gasteiger partial charge in [0, 0.05) is 36.1 Å². The molecule has 9 heteroatoms. The number of amides is 1. The number of aromatic nitrogens is 4. The smallest absolute Gasteiger partial charge is 0.253 e. The van der Waals surface area contributed by atoms with Crippen molar-refractivity contribution in [1.29, 1.82) is 0 Å². The fourth-order valence-electron chi connectivity index (χ4n) is 5.02. The molecule has 3 heterocycles. The minimum absolute atomic E-state index is 0.103. The van der Waals surface area contributed by atoms with E-state index in [2.05, 4.69) is 9.67 Å². The number of sulfone groups is 1. The van der Waals surface area contributed by atoms with Crippen LogP contribution >= 0.6 is 0 Å². The number of nitrogens with zero attached hydrogens (tertiary/aromatic N) is 5. The fourth-order valence-corrected chi connectivity index (χ4v) is 6.71. The highest BCUT2D eigenvalue weighted by molar-refractivity contribution is 7.91. The van der Waals surface area contributed by atoms with Gasteiger partial charge in [0.1, 0.15) is 5.82 Å². The number of para-hydroxylation sites is 1. The molecule has 0 spiro atoms. The number of hydrogen-bond acceptors (Lipinski definition) is 5. The van der Waals surface area contributed by atoms with Crippen LogP contribution in [0.2, 0.25) is 0 Å². The van der Waals surface area contributed by atoms with Gasteiger partial charge in [-0.05, 0) is 57.5 Å². The minimum Gasteiger partial charge on any atom is -0.337 e. The van der Waals surface area contributed by atoms with E-state index in [1.54, 1.807) is 11.9 Å². The van der Waals surface area contributed by atoms with Crippen LogP contribution in [0.25, 0.3) is 16.7 Å². The molecule has 0 aliphatic carbocycles. The molecule has 1 aliphatic rings. The Bertz CT molecular complexity index is 1540. The Balaban J connectivity index is 1.39. The zero-order valence-electron chi connectivity index (χ0n) is 20.4. The first kappa shape index (κ1) is 23.3. The number of rotatable bonds is 5. The number of hydrogen-bond donors (Lipinski definition) is 0. The molecule has 1 aliphatic heterocycles. The van der Waals surface area contributed by atoms with E-state index < -0.39 is 9.84 Å². The van der Waals surface area contributed by atoms with Crippen molar-refractivity contribution >= 4 is 26.8 Å². The maximum Gasteiger partial charge on any atom is 0.253 e. The normalized spacial score (nSPS) is 17.2. The van der Waals surface area contributed by atoms with Crippen LogP contribution in [0, 0.1) is 20.8 Å². The summed E-state index contributed by atoms with van der Waals surface area (Å²) in [7, 11) is -1.23. The lowest BCUT2D eigenvalue weighted by molar-refractivity contribution is 0.0785. The lowest BCUT2D eigenvalue weighted by Gasteiger charge is -2.18. The van der Waals surface area contributed by atoms with Crippen LogP contribution in [0.3, 0.4) is 0 Å². The first-order valence-corrected chi connectivity index (χ1v) is 13.5. The second-order valence-electron chi connectivity index (χ2n) is 9.35. The van der Waals surface area contributed by atoms with E-state index in [0.29, 0.717) is 18.5 Å². The van der Waals surface area contributed by atoms with Crippen molar-refractivity contribution < 1.29 is 13.2 Å². The topological polar surface area (TPSA) is 90.1 Å². The molecule has 2 aromatic heterocycles. The Labute approximate surface area is 205 Å². The third kappa shape index (κ3) is 4.25. The Kier molecular flexibility index (Phi) is 5.75. The third-order valence-corrected chi connectivity index (χ3v) is 8.60. The Morgan fingerprint density at radius 2 is 1.86 bits per heavy atom. The summed E-state index contributed by atoms with van der Waals surface area (Å²) in [6, 6.07) is 15.5. The highest BCUT2D eigenvalue weighted by atomic mass is 32.2. The van der Waals surface area contributed by atoms with E-state index in [4.69, 9.17) is 4.98 Å². The molecule has 4 aromatic rings. The molecule has 1 atom stereocenters. The van der Waals surface area contributed by atoms with Gasteiger partial charge in [-0.3, -0.25) is 14.0 Å². The molecule has 1 fully saturated rings. The molecular weight excluding hydrogens is 462 g/mol. The van der Waals surface area contributed by atoms with E-state index in [9.17, 15) is 13.2 Å². The van der Waals surface area contributed by atoms with Crippen molar-refractivity contribution in [1.82, 2.24) is 24.2 Å². The summed E-state index contributed by atoms with van der Waals surface area (Å²) in [5.74, 6) is 1.08. The summed E-state index contributed by atoms with van der Waals surface area (Å²) < 4.78 is 27.8. The predicted molar refractivity (Wildman–Crippen MR) is 136 cm³/mol. The fraction of sp³-hybridized carbons (Fsp3) is 0.346. The molecule has 2 aromatic carbocycles. The van der Waals surface area contributed by atoms with Crippen molar-refractivity contribution in [2.24, 2.45) is 0 Å². The number of carbonyl (C=O) groups is 1. The largest absolute Gasteiger partial charge is 0.337 e. The molecule has 0 N–H and O–H groups in total. The van der Waals surface area contributed by atoms with Crippen LogP contribution in [0.5, 0.6) is 0 Å². The first-order chi connectivity index (χ1) is 16.6. The summed E-state index contributed by atoms with van der Waals surface area (Å²) in [5, 5.41) is 4.63. The molecule has 182 valence electrons. The van der Waals surface area contributed by atoms with Crippen molar-refractivity contribution in [3.63, 3.8) is 0 Å². The van der Waals surface area contributed by atoms with Crippen LogP contribution in [0.15, 0.2) is 48.5 Å². The van der Waals surface area contributed by atoms with Crippen molar-refractivity contribution in [3.05, 3.63) is 76.9 Å². The van der Waals surface area contributed by atoms with Gasteiger partial charge in [-0.1, -0.05) is 18.2 Å². The number of carbonyl (C=O) groups excluding carboxylic acids is 1. The van der Waals surface area contributed by atoms with E-state index in [1.807, 2.05) is 74.0 Å². The van der Waals surface area contributed by atoms with E-state index in [0.717, 1.165) is 39.5 Å². The highest BCUT2D eigenvalue weighted by Gasteiger charge is 2.31. The van der Waals surface area contributed by atoms with Crippen LogP contribution < -0.4 is 0 Å². The number of aryl methyl sites for hydroxylation is 2. The number of benzene rings is 2. The summed E-state index contributed by atoms with van der Waals surface area (Å²) >= 11 is 0. The monoisotopic (exact) mass is 491 g/mol. The maximum absolute atomic E-state index is 13.3. The SMILES string of the molecule is Cc1nn(C2CCS(=O)(=O)C2)c(C)c1CN(C)C(=O)c1ccc2c(c1)nc(C)n2-c1ccccc1. The highest BCUT2D eigenvalue weighted by Crippen LogP contribution is 2.28. The number of imidazole rings is 1. The average molecular weight is 492 g/mol. The molecule has 1 unspecified atom stereocenters. The standard InChI is InChI=1S/C26H29N5O3S/c1-17-23(18(2)31(28-17)22-12-13-35(33,34)16-22)15-29(4)26(32)20-10-11-25-24(14-20)27-19(3)30(25)21-8-6-5-7-9-21/h5-11,14,22H,12-13,15-16H2,1-4H3. The van der Waals surface area contributed by atoms with Crippen molar-refractivity contribution in [2.75, 3.05) is 18.6 Å². The van der Waals surface area contributed by atoms with Crippen molar-refractivity contribution in [3.8, 4) is 5.69 Å². The van der Waals surface area contributed by atoms with Crippen LogP contribution in [0.4, 0.5) is 0 Å². The molecule has 5 rings (SSSR count). The van der Waals surface area contributed by atoms with E-state index in [-0.39, 0.29) is 23.5 Å². The molecule has 35 heavy (non-hydrogen) atoms. The zero-order valence-corrected chi connectivity index (χ0v) is 21.2. The quantitative estimate of drug-likeness (QED) is 0.424. The lowest BCUT2D eigenvalue weighted by atomic mass is 10.1. The molecule has 0 saturated carbocycles. The van der Waals surface area contributed by atoms with Crippen LogP contribution in [-0.4, -0.2) is 57.1 Å². The van der Waals surface area contributed by atoms with Gasteiger partial charge in [-0.2, -0.15) is 5.10 Å². The second-order valence-corrected chi connectivity index (χ2v) is 11.6. The van der Waals surface area contributed by atoms with Gasteiger partial charge >= 0.3 is 0 Å². The molecular formula is C26H29N5O3S. The van der Waals surface area contributed by atoms with Gasteiger partial charge in [-0.25, -0.2) is 13.4 Å². The summed E-state index contributed by atoms with van der Waals surface area (Å²) in [6.07, 6.45) is 0.577. The first-order valence-electron chi connectivity index (χ1n) is 11.7. The summed E-state index contributed by atoms with van der Waals surface area (Å²) in [5.41, 5.74) is 6.01. The maximum atomic E-state index is 13.3. The van der Waals surface area contributed by atoms with Gasteiger partial charge in [0.2, 0.25) is 0 Å². The molecule has 0 bridgehead atoms. The zero-order chi connectivity index (χ0) is 24.9. The van der Waals surface area contributed by atoms with Gasteiger partial charge in [0.05, 0.1) is 34.3 Å². The molecule has 8 nitrogen and oxygen atoms in total. The lowest BCUT2D eigenvalue weighted by Crippen LogP contribution is -2.26.